The Morgan fingerprint density at radius 1 is 1.32 bits per heavy atom. The summed E-state index contributed by atoms with van der Waals surface area (Å²) in [6, 6.07) is 1.99. The van der Waals surface area contributed by atoms with E-state index in [0.29, 0.717) is 0 Å². The lowest BCUT2D eigenvalue weighted by Crippen LogP contribution is -2.44. The summed E-state index contributed by atoms with van der Waals surface area (Å²) in [5, 5.41) is 5.52. The van der Waals surface area contributed by atoms with Crippen LogP contribution in [0.25, 0.3) is 0 Å². The van der Waals surface area contributed by atoms with Crippen LogP contribution in [0.1, 0.15) is 26.3 Å². The Balaban J connectivity index is 2.67. The molecule has 0 heterocycles. The summed E-state index contributed by atoms with van der Waals surface area (Å²) in [7, 11) is 0. The van der Waals surface area contributed by atoms with Crippen LogP contribution in [-0.4, -0.2) is 18.0 Å². The maximum absolute atomic E-state index is 13.7. The highest BCUT2D eigenvalue weighted by atomic mass is 79.9. The van der Waals surface area contributed by atoms with Crippen LogP contribution in [-0.2, 0) is 11.3 Å². The predicted molar refractivity (Wildman–Crippen MR) is 73.6 cm³/mol. The number of rotatable bonds is 5. The fraction of sp³-hybridized carbons (Fsp3) is 0.462. The summed E-state index contributed by atoms with van der Waals surface area (Å²) in [6.07, 6.45) is 0. The molecule has 2 N–H and O–H groups in total. The molecule has 0 saturated carbocycles. The topological polar surface area (TPSA) is 41.1 Å². The number of hydrogen-bond acceptors (Lipinski definition) is 2. The quantitative estimate of drug-likeness (QED) is 0.813. The molecule has 1 aromatic rings. The standard InChI is InChI=1S/C13H17BrF2N2O/c1-7(2)18-13(19)8(3)17-6-9-11(15)5-4-10(14)12(9)16/h4-5,7-8,17H,6H2,1-3H3,(H,18,19). The monoisotopic (exact) mass is 334 g/mol. The number of carbonyl (C=O) groups is 1. The molecule has 0 saturated heterocycles. The molecule has 1 aromatic carbocycles. The van der Waals surface area contributed by atoms with Crippen LogP contribution in [0.3, 0.4) is 0 Å². The first-order valence-electron chi connectivity index (χ1n) is 5.99. The number of nitrogens with one attached hydrogen (secondary N) is 2. The third-order valence-electron chi connectivity index (χ3n) is 2.55. The Kier molecular flexibility index (Phi) is 5.87. The van der Waals surface area contributed by atoms with E-state index in [1.807, 2.05) is 13.8 Å². The maximum atomic E-state index is 13.7. The first-order chi connectivity index (χ1) is 8.82. The minimum absolute atomic E-state index is 0.0242. The third-order valence-corrected chi connectivity index (χ3v) is 3.16. The van der Waals surface area contributed by atoms with Crippen LogP contribution in [0, 0.1) is 11.6 Å². The Morgan fingerprint density at radius 3 is 2.53 bits per heavy atom. The zero-order chi connectivity index (χ0) is 14.6. The van der Waals surface area contributed by atoms with E-state index in [9.17, 15) is 13.6 Å². The van der Waals surface area contributed by atoms with Crippen molar-refractivity contribution < 1.29 is 13.6 Å². The third kappa shape index (κ3) is 4.54. The van der Waals surface area contributed by atoms with Gasteiger partial charge in [0.15, 0.2) is 0 Å². The number of halogens is 3. The van der Waals surface area contributed by atoms with Crippen LogP contribution >= 0.6 is 15.9 Å². The van der Waals surface area contributed by atoms with Crippen LogP contribution in [0.2, 0.25) is 0 Å². The minimum Gasteiger partial charge on any atom is -0.353 e. The average molecular weight is 335 g/mol. The largest absolute Gasteiger partial charge is 0.353 e. The maximum Gasteiger partial charge on any atom is 0.237 e. The lowest BCUT2D eigenvalue weighted by atomic mass is 10.2. The lowest BCUT2D eigenvalue weighted by Gasteiger charge is -2.16. The van der Waals surface area contributed by atoms with E-state index < -0.39 is 17.7 Å². The molecule has 0 spiro atoms. The van der Waals surface area contributed by atoms with Gasteiger partial charge in [0, 0.05) is 18.2 Å². The SMILES string of the molecule is CC(C)NC(=O)C(C)NCc1c(F)ccc(Br)c1F. The second kappa shape index (κ2) is 6.96. The van der Waals surface area contributed by atoms with Gasteiger partial charge in [-0.3, -0.25) is 4.79 Å². The van der Waals surface area contributed by atoms with Crippen molar-refractivity contribution >= 4 is 21.8 Å². The Labute approximate surface area is 119 Å². The van der Waals surface area contributed by atoms with Crippen LogP contribution < -0.4 is 10.6 Å². The molecule has 0 radical (unpaired) electrons. The lowest BCUT2D eigenvalue weighted by molar-refractivity contribution is -0.123. The minimum atomic E-state index is -0.649. The van der Waals surface area contributed by atoms with Gasteiger partial charge >= 0.3 is 0 Å². The summed E-state index contributed by atoms with van der Waals surface area (Å²) in [5.41, 5.74) is -0.0847. The molecule has 0 aliphatic heterocycles. The predicted octanol–water partition coefficient (Wildman–Crippen LogP) is 2.73. The molecule has 1 rings (SSSR count). The van der Waals surface area contributed by atoms with Crippen molar-refractivity contribution in [1.29, 1.82) is 0 Å². The molecule has 0 aromatic heterocycles. The molecule has 0 fully saturated rings. The number of amides is 1. The summed E-state index contributed by atoms with van der Waals surface area (Å²) in [6.45, 7) is 5.28. The molecule has 6 heteroatoms. The van der Waals surface area contributed by atoms with Crippen molar-refractivity contribution in [1.82, 2.24) is 10.6 Å². The van der Waals surface area contributed by atoms with Gasteiger partial charge in [-0.05, 0) is 48.8 Å². The molecule has 3 nitrogen and oxygen atoms in total. The van der Waals surface area contributed by atoms with Gasteiger partial charge in [-0.15, -0.1) is 0 Å². The Hall–Kier alpha value is -1.01. The van der Waals surface area contributed by atoms with Gasteiger partial charge in [0.05, 0.1) is 10.5 Å². The number of hydrogen-bond donors (Lipinski definition) is 2. The highest BCUT2D eigenvalue weighted by Gasteiger charge is 2.16. The normalized spacial score (nSPS) is 12.6. The van der Waals surface area contributed by atoms with E-state index >= 15 is 0 Å². The molecule has 0 aliphatic rings. The van der Waals surface area contributed by atoms with E-state index in [1.54, 1.807) is 6.92 Å². The molecular weight excluding hydrogens is 318 g/mol. The number of carbonyl (C=O) groups excluding carboxylic acids is 1. The summed E-state index contributed by atoms with van der Waals surface area (Å²) < 4.78 is 27.4. The van der Waals surface area contributed by atoms with Gasteiger partial charge in [0.1, 0.15) is 11.6 Å². The molecule has 106 valence electrons. The molecule has 0 bridgehead atoms. The van der Waals surface area contributed by atoms with Crippen molar-refractivity contribution in [3.8, 4) is 0 Å². The highest BCUT2D eigenvalue weighted by Crippen LogP contribution is 2.21. The fourth-order valence-corrected chi connectivity index (χ4v) is 1.86. The van der Waals surface area contributed by atoms with E-state index in [0.717, 1.165) is 0 Å². The van der Waals surface area contributed by atoms with Crippen LogP contribution in [0.5, 0.6) is 0 Å². The molecule has 1 amide bonds. The highest BCUT2D eigenvalue weighted by molar-refractivity contribution is 9.10. The molecule has 19 heavy (non-hydrogen) atoms. The number of benzene rings is 1. The van der Waals surface area contributed by atoms with Crippen LogP contribution in [0.15, 0.2) is 16.6 Å². The summed E-state index contributed by atoms with van der Waals surface area (Å²) in [4.78, 5) is 11.6. The van der Waals surface area contributed by atoms with Gasteiger partial charge in [-0.1, -0.05) is 0 Å². The van der Waals surface area contributed by atoms with Crippen molar-refractivity contribution in [2.24, 2.45) is 0 Å². The second-order valence-electron chi connectivity index (χ2n) is 4.59. The smallest absolute Gasteiger partial charge is 0.237 e. The second-order valence-corrected chi connectivity index (χ2v) is 5.44. The fourth-order valence-electron chi connectivity index (χ4n) is 1.49. The van der Waals surface area contributed by atoms with Crippen molar-refractivity contribution in [3.05, 3.63) is 33.8 Å². The Bertz CT molecular complexity index is 466. The summed E-state index contributed by atoms with van der Waals surface area (Å²) in [5.74, 6) is -1.49. The van der Waals surface area contributed by atoms with E-state index in [4.69, 9.17) is 0 Å². The van der Waals surface area contributed by atoms with E-state index in [1.165, 1.54) is 12.1 Å². The van der Waals surface area contributed by atoms with Gasteiger partial charge < -0.3 is 10.6 Å². The van der Waals surface area contributed by atoms with Gasteiger partial charge in [0.2, 0.25) is 5.91 Å². The summed E-state index contributed by atoms with van der Waals surface area (Å²) >= 11 is 3.00. The molecule has 1 unspecified atom stereocenters. The van der Waals surface area contributed by atoms with Crippen molar-refractivity contribution in [3.63, 3.8) is 0 Å². The Morgan fingerprint density at radius 2 is 1.95 bits per heavy atom. The van der Waals surface area contributed by atoms with Gasteiger partial charge in [-0.2, -0.15) is 0 Å². The van der Waals surface area contributed by atoms with Gasteiger partial charge in [-0.25, -0.2) is 8.78 Å². The van der Waals surface area contributed by atoms with Crippen molar-refractivity contribution in [2.75, 3.05) is 0 Å². The van der Waals surface area contributed by atoms with E-state index in [-0.39, 0.29) is 28.5 Å². The molecule has 1 atom stereocenters. The van der Waals surface area contributed by atoms with Gasteiger partial charge in [0.25, 0.3) is 0 Å². The molecule has 0 aliphatic carbocycles. The van der Waals surface area contributed by atoms with E-state index in [2.05, 4.69) is 26.6 Å². The first kappa shape index (κ1) is 16.0. The molecular formula is C13H17BrF2N2O. The zero-order valence-electron chi connectivity index (χ0n) is 11.1. The zero-order valence-corrected chi connectivity index (χ0v) is 12.6. The average Bonchev–Trinajstić information content (AvgIpc) is 2.33. The van der Waals surface area contributed by atoms with Crippen molar-refractivity contribution in [2.45, 2.75) is 39.4 Å². The van der Waals surface area contributed by atoms with Crippen LogP contribution in [0.4, 0.5) is 8.78 Å². The first-order valence-corrected chi connectivity index (χ1v) is 6.78.